The monoisotopic (exact) mass is 332 g/mol. The third kappa shape index (κ3) is 6.40. The Balaban J connectivity index is 1.66. The van der Waals surface area contributed by atoms with Gasteiger partial charge in [0.1, 0.15) is 5.75 Å². The number of methoxy groups -OCH3 is 1. The van der Waals surface area contributed by atoms with Crippen LogP contribution in [-0.2, 0) is 6.42 Å². The minimum Gasteiger partial charge on any atom is -0.496 e. The van der Waals surface area contributed by atoms with E-state index in [9.17, 15) is 0 Å². The second-order valence-electron chi connectivity index (χ2n) is 6.24. The first kappa shape index (κ1) is 18.6. The van der Waals surface area contributed by atoms with Gasteiger partial charge in [0, 0.05) is 26.7 Å². The summed E-state index contributed by atoms with van der Waals surface area (Å²) < 4.78 is 5.39. The SMILES string of the molecule is CN=C(NCCc1ccccc1OC)NCCN1CCCCCC1. The lowest BCUT2D eigenvalue weighted by molar-refractivity contribution is 0.289. The molecule has 1 aromatic rings. The zero-order chi connectivity index (χ0) is 17.0. The molecule has 1 saturated heterocycles. The molecule has 5 nitrogen and oxygen atoms in total. The molecular weight excluding hydrogens is 300 g/mol. The van der Waals surface area contributed by atoms with Crippen LogP contribution in [0.2, 0.25) is 0 Å². The van der Waals surface area contributed by atoms with Crippen LogP contribution in [-0.4, -0.2) is 57.7 Å². The first-order valence-electron chi connectivity index (χ1n) is 9.12. The van der Waals surface area contributed by atoms with E-state index in [0.29, 0.717) is 0 Å². The first-order valence-corrected chi connectivity index (χ1v) is 9.12. The summed E-state index contributed by atoms with van der Waals surface area (Å²) in [5.41, 5.74) is 1.22. The summed E-state index contributed by atoms with van der Waals surface area (Å²) in [6.07, 6.45) is 6.36. The van der Waals surface area contributed by atoms with Gasteiger partial charge < -0.3 is 20.3 Å². The van der Waals surface area contributed by atoms with Gasteiger partial charge in [0.2, 0.25) is 0 Å². The molecule has 1 aliphatic rings. The molecule has 1 fully saturated rings. The lowest BCUT2D eigenvalue weighted by Gasteiger charge is -2.20. The molecule has 0 aliphatic carbocycles. The molecule has 0 atom stereocenters. The summed E-state index contributed by atoms with van der Waals surface area (Å²) in [6.45, 7) is 5.34. The third-order valence-corrected chi connectivity index (χ3v) is 4.52. The van der Waals surface area contributed by atoms with E-state index in [4.69, 9.17) is 4.74 Å². The third-order valence-electron chi connectivity index (χ3n) is 4.52. The van der Waals surface area contributed by atoms with Crippen molar-refractivity contribution in [2.24, 2.45) is 4.99 Å². The number of benzene rings is 1. The van der Waals surface area contributed by atoms with Gasteiger partial charge in [-0.3, -0.25) is 4.99 Å². The number of likely N-dealkylation sites (tertiary alicyclic amines) is 1. The van der Waals surface area contributed by atoms with Gasteiger partial charge in [-0.1, -0.05) is 31.0 Å². The number of ether oxygens (including phenoxy) is 1. The summed E-state index contributed by atoms with van der Waals surface area (Å²) in [7, 11) is 3.54. The predicted molar refractivity (Wildman–Crippen MR) is 101 cm³/mol. The maximum Gasteiger partial charge on any atom is 0.191 e. The van der Waals surface area contributed by atoms with Crippen LogP contribution in [0.4, 0.5) is 0 Å². The summed E-state index contributed by atoms with van der Waals surface area (Å²) in [4.78, 5) is 6.87. The normalized spacial score (nSPS) is 16.5. The van der Waals surface area contributed by atoms with Crippen molar-refractivity contribution in [3.63, 3.8) is 0 Å². The van der Waals surface area contributed by atoms with E-state index in [1.165, 1.54) is 44.3 Å². The molecule has 5 heteroatoms. The maximum absolute atomic E-state index is 5.39. The smallest absolute Gasteiger partial charge is 0.191 e. The molecular formula is C19H32N4O. The molecule has 2 rings (SSSR count). The van der Waals surface area contributed by atoms with Crippen LogP contribution in [0.1, 0.15) is 31.2 Å². The Morgan fingerprint density at radius 2 is 1.79 bits per heavy atom. The largest absolute Gasteiger partial charge is 0.496 e. The Kier molecular flexibility index (Phi) is 8.46. The van der Waals surface area contributed by atoms with Crippen LogP contribution >= 0.6 is 0 Å². The van der Waals surface area contributed by atoms with E-state index in [1.807, 2.05) is 25.2 Å². The molecule has 0 aromatic heterocycles. The van der Waals surface area contributed by atoms with Crippen molar-refractivity contribution in [2.75, 3.05) is 46.9 Å². The molecule has 0 saturated carbocycles. The second-order valence-corrected chi connectivity index (χ2v) is 6.24. The molecule has 0 radical (unpaired) electrons. The fourth-order valence-electron chi connectivity index (χ4n) is 3.14. The number of hydrogen-bond donors (Lipinski definition) is 2. The number of nitrogens with one attached hydrogen (secondary N) is 2. The minimum atomic E-state index is 0.837. The Labute approximate surface area is 146 Å². The molecule has 2 N–H and O–H groups in total. The van der Waals surface area contributed by atoms with Gasteiger partial charge in [0.25, 0.3) is 0 Å². The van der Waals surface area contributed by atoms with Gasteiger partial charge in [0.05, 0.1) is 7.11 Å². The highest BCUT2D eigenvalue weighted by Gasteiger charge is 2.08. The first-order chi connectivity index (χ1) is 11.8. The average molecular weight is 332 g/mol. The zero-order valence-electron chi connectivity index (χ0n) is 15.2. The summed E-state index contributed by atoms with van der Waals surface area (Å²) in [5.74, 6) is 1.82. The highest BCUT2D eigenvalue weighted by atomic mass is 16.5. The van der Waals surface area contributed by atoms with Crippen molar-refractivity contribution in [3.8, 4) is 5.75 Å². The molecule has 0 amide bonds. The van der Waals surface area contributed by atoms with Crippen molar-refractivity contribution in [3.05, 3.63) is 29.8 Å². The van der Waals surface area contributed by atoms with Crippen molar-refractivity contribution in [1.82, 2.24) is 15.5 Å². The molecule has 1 aliphatic heterocycles. The topological polar surface area (TPSA) is 48.9 Å². The number of guanidine groups is 1. The van der Waals surface area contributed by atoms with Crippen molar-refractivity contribution < 1.29 is 4.74 Å². The Bertz CT molecular complexity index is 496. The highest BCUT2D eigenvalue weighted by molar-refractivity contribution is 5.79. The van der Waals surface area contributed by atoms with Crippen LogP contribution in [0, 0.1) is 0 Å². The van der Waals surface area contributed by atoms with Crippen molar-refractivity contribution >= 4 is 5.96 Å². The summed E-state index contributed by atoms with van der Waals surface area (Å²) in [5, 5.41) is 6.80. The van der Waals surface area contributed by atoms with Crippen LogP contribution in [0.25, 0.3) is 0 Å². The average Bonchev–Trinajstić information content (AvgIpc) is 2.89. The van der Waals surface area contributed by atoms with E-state index in [0.717, 1.165) is 37.8 Å². The molecule has 134 valence electrons. The minimum absolute atomic E-state index is 0.837. The summed E-state index contributed by atoms with van der Waals surface area (Å²) in [6, 6.07) is 8.16. The van der Waals surface area contributed by atoms with Crippen LogP contribution < -0.4 is 15.4 Å². The molecule has 24 heavy (non-hydrogen) atoms. The van der Waals surface area contributed by atoms with Gasteiger partial charge in [-0.15, -0.1) is 0 Å². The number of para-hydroxylation sites is 1. The Hall–Kier alpha value is -1.75. The van der Waals surface area contributed by atoms with Gasteiger partial charge in [0.15, 0.2) is 5.96 Å². The Morgan fingerprint density at radius 3 is 2.50 bits per heavy atom. The maximum atomic E-state index is 5.39. The lowest BCUT2D eigenvalue weighted by atomic mass is 10.1. The molecule has 0 spiro atoms. The van der Waals surface area contributed by atoms with E-state index in [-0.39, 0.29) is 0 Å². The van der Waals surface area contributed by atoms with Crippen molar-refractivity contribution in [1.29, 1.82) is 0 Å². The van der Waals surface area contributed by atoms with Crippen molar-refractivity contribution in [2.45, 2.75) is 32.1 Å². The second kappa shape index (κ2) is 10.9. The van der Waals surface area contributed by atoms with Gasteiger partial charge in [-0.2, -0.15) is 0 Å². The number of nitrogens with zero attached hydrogens (tertiary/aromatic N) is 2. The fraction of sp³-hybridized carbons (Fsp3) is 0.632. The molecule has 1 aromatic carbocycles. The standard InChI is InChI=1S/C19H32N4O/c1-20-19(22-13-16-23-14-7-3-4-8-15-23)21-12-11-17-9-5-6-10-18(17)24-2/h5-6,9-10H,3-4,7-8,11-16H2,1-2H3,(H2,20,21,22). The van der Waals surface area contributed by atoms with Crippen LogP contribution in [0.15, 0.2) is 29.3 Å². The van der Waals surface area contributed by atoms with Gasteiger partial charge in [-0.25, -0.2) is 0 Å². The number of aliphatic imine (C=N–C) groups is 1. The zero-order valence-corrected chi connectivity index (χ0v) is 15.2. The Morgan fingerprint density at radius 1 is 1.08 bits per heavy atom. The fourth-order valence-corrected chi connectivity index (χ4v) is 3.14. The predicted octanol–water partition coefficient (Wildman–Crippen LogP) is 2.28. The molecule has 1 heterocycles. The number of hydrogen-bond acceptors (Lipinski definition) is 3. The number of rotatable bonds is 7. The van der Waals surface area contributed by atoms with E-state index in [1.54, 1.807) is 7.11 Å². The lowest BCUT2D eigenvalue weighted by Crippen LogP contribution is -2.42. The quantitative estimate of drug-likeness (QED) is 0.594. The summed E-state index contributed by atoms with van der Waals surface area (Å²) >= 11 is 0. The van der Waals surface area contributed by atoms with Gasteiger partial charge in [-0.05, 0) is 44.0 Å². The van der Waals surface area contributed by atoms with E-state index >= 15 is 0 Å². The molecule has 0 unspecified atom stereocenters. The molecule has 0 bridgehead atoms. The van der Waals surface area contributed by atoms with E-state index < -0.39 is 0 Å². The highest BCUT2D eigenvalue weighted by Crippen LogP contribution is 2.17. The van der Waals surface area contributed by atoms with Gasteiger partial charge >= 0.3 is 0 Å². The van der Waals surface area contributed by atoms with E-state index in [2.05, 4.69) is 26.6 Å². The van der Waals surface area contributed by atoms with Crippen LogP contribution in [0.5, 0.6) is 5.75 Å². The van der Waals surface area contributed by atoms with Crippen LogP contribution in [0.3, 0.4) is 0 Å².